The van der Waals surface area contributed by atoms with E-state index in [-0.39, 0.29) is 18.5 Å². The Labute approximate surface area is 374 Å². The molecule has 3 fully saturated rings. The Kier molecular flexibility index (Phi) is 11.4. The number of piperidine rings is 1. The number of hydrogen-bond donors (Lipinski definition) is 8. The van der Waals surface area contributed by atoms with Gasteiger partial charge in [-0.2, -0.15) is 0 Å². The first kappa shape index (κ1) is 44.9. The average molecular weight is 883 g/mol. The molecule has 1 saturated carbocycles. The van der Waals surface area contributed by atoms with Crippen LogP contribution >= 0.6 is 0 Å². The summed E-state index contributed by atoms with van der Waals surface area (Å²) in [7, 11) is 4.86. The molecule has 346 valence electrons. The number of esters is 1. The maximum absolute atomic E-state index is 15.4. The van der Waals surface area contributed by atoms with Crippen molar-refractivity contribution in [3.63, 3.8) is 0 Å². The van der Waals surface area contributed by atoms with Crippen molar-refractivity contribution in [2.75, 3.05) is 72.0 Å². The lowest BCUT2D eigenvalue weighted by Crippen LogP contribution is -2.81. The Morgan fingerprint density at radius 3 is 2.58 bits per heavy atom. The predicted molar refractivity (Wildman–Crippen MR) is 242 cm³/mol. The van der Waals surface area contributed by atoms with Crippen molar-refractivity contribution in [1.82, 2.24) is 20.1 Å². The Morgan fingerprint density at radius 2 is 1.86 bits per heavy atom. The van der Waals surface area contributed by atoms with E-state index < -0.39 is 70.2 Å². The third-order valence-corrected chi connectivity index (χ3v) is 16.6. The average Bonchev–Trinajstić information content (AvgIpc) is 3.97. The lowest BCUT2D eigenvalue weighted by Gasteiger charge is -2.63. The molecule has 9 N–H and O–H groups in total. The number of rotatable bonds is 11. The number of nitrogens with two attached hydrogens (primary N) is 1. The van der Waals surface area contributed by atoms with Gasteiger partial charge in [0.25, 0.3) is 5.91 Å². The lowest BCUT2D eigenvalue weighted by atomic mass is 9.47. The zero-order valence-corrected chi connectivity index (χ0v) is 37.7. The van der Waals surface area contributed by atoms with E-state index in [4.69, 9.17) is 15.2 Å². The molecule has 5 aliphatic heterocycles. The van der Waals surface area contributed by atoms with Crippen LogP contribution in [0, 0.1) is 11.3 Å². The molecule has 12 atom stereocenters. The molecule has 6 heterocycles. The van der Waals surface area contributed by atoms with Crippen LogP contribution in [-0.2, 0) is 31.6 Å². The SMILES string of the molecule is CC[C@]1(O)CC2CN(CCc3c([nH]c4ccccc34)[C@@](C(=O)OC)(c3cc4c(cc3OC)N(C)C3C45CCN4CC=C[C@](CC)([C@H]45)[C@@H](O)[C@@]3(O)C(=O)NC/C=C/[C@@H](O)[C@H](N)CO)C2)C1. The molecule has 2 aromatic carbocycles. The highest BCUT2D eigenvalue weighted by Crippen LogP contribution is 2.67. The number of aromatic nitrogens is 1. The van der Waals surface area contributed by atoms with Gasteiger partial charge in [-0.05, 0) is 74.2 Å². The number of carbonyl (C=O) groups is 2. The number of H-pyrrole nitrogens is 1. The Morgan fingerprint density at radius 1 is 1.08 bits per heavy atom. The minimum atomic E-state index is -2.36. The summed E-state index contributed by atoms with van der Waals surface area (Å²) >= 11 is 0. The normalized spacial score (nSPS) is 36.3. The van der Waals surface area contributed by atoms with Gasteiger partial charge < -0.3 is 55.9 Å². The summed E-state index contributed by atoms with van der Waals surface area (Å²) in [6.45, 7) is 6.70. The monoisotopic (exact) mass is 882 g/mol. The molecule has 1 spiro atoms. The number of aromatic amines is 1. The number of nitrogens with one attached hydrogen (secondary N) is 2. The van der Waals surface area contributed by atoms with Gasteiger partial charge in [-0.15, -0.1) is 0 Å². The second kappa shape index (κ2) is 16.2. The number of hydrogen-bond acceptors (Lipinski definition) is 13. The Balaban J connectivity index is 1.27. The third-order valence-electron chi connectivity index (χ3n) is 16.6. The van der Waals surface area contributed by atoms with Crippen LogP contribution in [0.2, 0.25) is 0 Å². The molecule has 64 heavy (non-hydrogen) atoms. The number of fused-ring (bicyclic) bond motifs is 6. The molecule has 9 rings (SSSR count). The van der Waals surface area contributed by atoms with Crippen LogP contribution < -0.4 is 20.7 Å². The first-order valence-electron chi connectivity index (χ1n) is 23.0. The molecule has 15 heteroatoms. The van der Waals surface area contributed by atoms with E-state index in [2.05, 4.69) is 32.2 Å². The number of anilines is 1. The number of aliphatic hydroxyl groups is 5. The molecule has 1 aromatic heterocycles. The number of aliphatic hydroxyl groups excluding tert-OH is 3. The van der Waals surface area contributed by atoms with Crippen molar-refractivity contribution in [3.8, 4) is 5.75 Å². The van der Waals surface area contributed by atoms with Gasteiger partial charge >= 0.3 is 5.97 Å². The van der Waals surface area contributed by atoms with Gasteiger partial charge in [0.1, 0.15) is 17.3 Å². The highest BCUT2D eigenvalue weighted by atomic mass is 16.5. The van der Waals surface area contributed by atoms with Crippen molar-refractivity contribution < 1.29 is 44.6 Å². The Hall–Kier alpha value is -4.32. The van der Waals surface area contributed by atoms with Crippen LogP contribution in [0.15, 0.2) is 60.7 Å². The Bertz CT molecular complexity index is 2370. The highest BCUT2D eigenvalue weighted by Gasteiger charge is 2.78. The number of methoxy groups -OCH3 is 2. The maximum atomic E-state index is 15.4. The quantitative estimate of drug-likeness (QED) is 0.102. The predicted octanol–water partition coefficient (Wildman–Crippen LogP) is 1.60. The van der Waals surface area contributed by atoms with E-state index in [1.54, 1.807) is 7.11 Å². The lowest BCUT2D eigenvalue weighted by molar-refractivity contribution is -0.203. The maximum Gasteiger partial charge on any atom is 0.322 e. The van der Waals surface area contributed by atoms with Gasteiger partial charge in [0.15, 0.2) is 5.60 Å². The standard InChI is InChI=1S/C49H66N6O9/c1-6-45(61)24-29-25-48(44(60)64-5,39-31(15-20-54(26-29)28-45)30-12-8-9-13-35(30)52-39)33-22-32-36(23-38(33)63-4)53(3)41-47(32)17-21-55-19-11-16-46(7-2,40(47)55)42(58)49(41,62)43(59)51-18-10-14-37(57)34(50)27-56/h8-14,16,22-23,29,34,37,40-42,52,56-58,61-62H,6-7,15,17-21,24-28,50H2,1-5H3,(H,51,59)/b14-10+/t29?,34-,37-,40+,41?,42-,45+,46-,47?,48+,49-/m1/s1. The summed E-state index contributed by atoms with van der Waals surface area (Å²) in [5.41, 5.74) is 3.85. The molecule has 6 aliphatic rings. The van der Waals surface area contributed by atoms with Gasteiger partial charge in [0.05, 0.1) is 44.6 Å². The van der Waals surface area contributed by atoms with E-state index in [1.165, 1.54) is 19.3 Å². The first-order chi connectivity index (χ1) is 30.6. The fourth-order valence-corrected chi connectivity index (χ4v) is 13.8. The van der Waals surface area contributed by atoms with E-state index in [9.17, 15) is 30.3 Å². The molecule has 15 nitrogen and oxygen atoms in total. The smallest absolute Gasteiger partial charge is 0.322 e. The zero-order chi connectivity index (χ0) is 45.6. The third kappa shape index (κ3) is 6.21. The molecular weight excluding hydrogens is 817 g/mol. The minimum Gasteiger partial charge on any atom is -0.496 e. The van der Waals surface area contributed by atoms with E-state index in [0.29, 0.717) is 82.6 Å². The van der Waals surface area contributed by atoms with Crippen molar-refractivity contribution >= 4 is 28.5 Å². The van der Waals surface area contributed by atoms with Gasteiger partial charge in [0, 0.05) is 90.6 Å². The number of nitrogens with zero attached hydrogens (tertiary/aromatic N) is 3. The largest absolute Gasteiger partial charge is 0.496 e. The number of benzene rings is 2. The van der Waals surface area contributed by atoms with Crippen LogP contribution in [0.5, 0.6) is 5.75 Å². The molecule has 2 bridgehead atoms. The number of ether oxygens (including phenoxy) is 2. The van der Waals surface area contributed by atoms with Crippen molar-refractivity contribution in [1.29, 1.82) is 0 Å². The zero-order valence-electron chi connectivity index (χ0n) is 37.7. The fourth-order valence-electron chi connectivity index (χ4n) is 13.8. The number of likely N-dealkylation sites (N-methyl/N-ethyl adjacent to an activating group) is 1. The summed E-state index contributed by atoms with van der Waals surface area (Å²) in [6.07, 6.45) is 7.23. The number of para-hydroxylation sites is 1. The molecule has 1 amide bonds. The second-order valence-electron chi connectivity index (χ2n) is 19.6. The summed E-state index contributed by atoms with van der Waals surface area (Å²) in [5, 5.41) is 61.8. The first-order valence-corrected chi connectivity index (χ1v) is 23.0. The summed E-state index contributed by atoms with van der Waals surface area (Å²) in [4.78, 5) is 40.6. The molecule has 4 unspecified atom stereocenters. The topological polar surface area (TPSA) is 217 Å². The number of carbonyl (C=O) groups excluding carboxylic acids is 2. The minimum absolute atomic E-state index is 0.0812. The second-order valence-corrected chi connectivity index (χ2v) is 19.6. The van der Waals surface area contributed by atoms with E-state index >= 15 is 4.79 Å². The van der Waals surface area contributed by atoms with Gasteiger partial charge in [-0.1, -0.05) is 56.4 Å². The molecule has 1 aliphatic carbocycles. The van der Waals surface area contributed by atoms with Crippen LogP contribution in [0.25, 0.3) is 10.9 Å². The van der Waals surface area contributed by atoms with Gasteiger partial charge in [0.2, 0.25) is 0 Å². The molecular formula is C49H66N6O9. The van der Waals surface area contributed by atoms with Crippen LogP contribution in [0.1, 0.15) is 68.3 Å². The fraction of sp³-hybridized carbons (Fsp3) is 0.592. The summed E-state index contributed by atoms with van der Waals surface area (Å²) in [6, 6.07) is 9.92. The van der Waals surface area contributed by atoms with Crippen LogP contribution in [-0.4, -0.2) is 161 Å². The summed E-state index contributed by atoms with van der Waals surface area (Å²) < 4.78 is 12.3. The van der Waals surface area contributed by atoms with E-state index in [1.807, 2.05) is 62.2 Å². The van der Waals surface area contributed by atoms with Crippen LogP contribution in [0.4, 0.5) is 5.69 Å². The molecule has 3 aromatic rings. The van der Waals surface area contributed by atoms with Gasteiger partial charge in [-0.25, -0.2) is 0 Å². The van der Waals surface area contributed by atoms with Crippen molar-refractivity contribution in [2.45, 2.75) is 105 Å². The van der Waals surface area contributed by atoms with Gasteiger partial charge in [-0.3, -0.25) is 19.4 Å². The number of amides is 1. The van der Waals surface area contributed by atoms with Crippen LogP contribution in [0.3, 0.4) is 0 Å². The highest BCUT2D eigenvalue weighted by molar-refractivity contribution is 5.95. The molecule has 2 saturated heterocycles. The summed E-state index contributed by atoms with van der Waals surface area (Å²) in [5.74, 6) is -0.900. The van der Waals surface area contributed by atoms with Crippen molar-refractivity contribution in [2.24, 2.45) is 17.1 Å². The van der Waals surface area contributed by atoms with Crippen molar-refractivity contribution in [3.05, 3.63) is 83.1 Å². The molecule has 0 radical (unpaired) electrons. The van der Waals surface area contributed by atoms with E-state index in [0.717, 1.165) is 33.4 Å².